The van der Waals surface area contributed by atoms with Crippen molar-refractivity contribution in [3.05, 3.63) is 65.4 Å². The van der Waals surface area contributed by atoms with E-state index in [1.807, 2.05) is 55.5 Å². The number of nitrogens with zero attached hydrogens (tertiary/aromatic N) is 2. The van der Waals surface area contributed by atoms with Crippen molar-refractivity contribution in [1.29, 1.82) is 0 Å². The first kappa shape index (κ1) is 18.1. The van der Waals surface area contributed by atoms with Gasteiger partial charge >= 0.3 is 0 Å². The smallest absolute Gasteiger partial charge is 0.260 e. The highest BCUT2D eigenvalue weighted by molar-refractivity contribution is 6.00. The van der Waals surface area contributed by atoms with Crippen molar-refractivity contribution < 1.29 is 18.8 Å². The zero-order chi connectivity index (χ0) is 19.7. The molecule has 0 N–H and O–H groups in total. The number of carbonyl (C=O) groups excluding carboxylic acids is 1. The number of fused-ring (bicyclic) bond motifs is 1. The summed E-state index contributed by atoms with van der Waals surface area (Å²) in [6, 6.07) is 15.3. The molecule has 1 aliphatic heterocycles. The molecule has 1 atom stereocenters. The van der Waals surface area contributed by atoms with E-state index in [1.54, 1.807) is 18.9 Å². The maximum Gasteiger partial charge on any atom is 0.260 e. The largest absolute Gasteiger partial charge is 0.497 e. The minimum absolute atomic E-state index is 0.114. The summed E-state index contributed by atoms with van der Waals surface area (Å²) in [5, 5.41) is 4.14. The number of ether oxygens (including phenoxy) is 2. The van der Waals surface area contributed by atoms with Crippen LogP contribution in [0, 0.1) is 6.92 Å². The van der Waals surface area contributed by atoms with Gasteiger partial charge in [0.25, 0.3) is 5.91 Å². The molecule has 1 unspecified atom stereocenters. The molecule has 1 aliphatic rings. The summed E-state index contributed by atoms with van der Waals surface area (Å²) in [4.78, 5) is 15.2. The zero-order valence-electron chi connectivity index (χ0n) is 16.1. The van der Waals surface area contributed by atoms with E-state index in [0.717, 1.165) is 22.6 Å². The Bertz CT molecular complexity index is 997. The van der Waals surface area contributed by atoms with Crippen LogP contribution in [0.4, 0.5) is 0 Å². The molecule has 6 heteroatoms. The van der Waals surface area contributed by atoms with E-state index in [-0.39, 0.29) is 12.0 Å². The lowest BCUT2D eigenvalue weighted by Gasteiger charge is -2.22. The van der Waals surface area contributed by atoms with Crippen LogP contribution in [0.2, 0.25) is 0 Å². The monoisotopic (exact) mass is 378 g/mol. The molecule has 0 spiro atoms. The van der Waals surface area contributed by atoms with Gasteiger partial charge in [0.15, 0.2) is 0 Å². The van der Waals surface area contributed by atoms with Crippen LogP contribution in [0.3, 0.4) is 0 Å². The zero-order valence-corrected chi connectivity index (χ0v) is 16.1. The molecule has 3 aromatic rings. The van der Waals surface area contributed by atoms with E-state index in [2.05, 4.69) is 5.16 Å². The lowest BCUT2D eigenvalue weighted by molar-refractivity contribution is 0.0689. The van der Waals surface area contributed by atoms with Crippen LogP contribution in [0.1, 0.15) is 28.6 Å². The Balaban J connectivity index is 1.69. The van der Waals surface area contributed by atoms with Gasteiger partial charge in [0, 0.05) is 23.7 Å². The Kier molecular flexibility index (Phi) is 4.77. The van der Waals surface area contributed by atoms with Crippen molar-refractivity contribution in [3.8, 4) is 22.8 Å². The van der Waals surface area contributed by atoms with Crippen LogP contribution in [0.15, 0.2) is 53.1 Å². The molecule has 0 bridgehead atoms. The summed E-state index contributed by atoms with van der Waals surface area (Å²) in [5.41, 5.74) is 2.85. The Hall–Kier alpha value is -3.28. The molecule has 6 nitrogen and oxygen atoms in total. The molecule has 1 aromatic heterocycles. The van der Waals surface area contributed by atoms with Crippen molar-refractivity contribution in [2.24, 2.45) is 0 Å². The van der Waals surface area contributed by atoms with Gasteiger partial charge in [-0.25, -0.2) is 0 Å². The highest BCUT2D eigenvalue weighted by Gasteiger charge is 2.30. The fourth-order valence-corrected chi connectivity index (χ4v) is 3.47. The SMILES string of the molecule is COc1ccc2c(c1)OC(C)CN(C(=O)c1c(-c3ccccc3)noc1C)C2. The van der Waals surface area contributed by atoms with E-state index in [0.29, 0.717) is 30.1 Å². The summed E-state index contributed by atoms with van der Waals surface area (Å²) in [7, 11) is 1.62. The average Bonchev–Trinajstić information content (AvgIpc) is 3.00. The summed E-state index contributed by atoms with van der Waals surface area (Å²) in [6.07, 6.45) is -0.155. The third kappa shape index (κ3) is 3.33. The van der Waals surface area contributed by atoms with Crippen LogP contribution in [0.5, 0.6) is 11.5 Å². The number of aryl methyl sites for hydroxylation is 1. The molecule has 0 saturated heterocycles. The highest BCUT2D eigenvalue weighted by Crippen LogP contribution is 2.32. The van der Waals surface area contributed by atoms with Gasteiger partial charge in [0.1, 0.15) is 34.6 Å². The molecule has 144 valence electrons. The summed E-state index contributed by atoms with van der Waals surface area (Å²) < 4.78 is 16.7. The maximum atomic E-state index is 13.5. The van der Waals surface area contributed by atoms with Crippen LogP contribution in [-0.2, 0) is 6.54 Å². The van der Waals surface area contributed by atoms with Gasteiger partial charge < -0.3 is 18.9 Å². The fourth-order valence-electron chi connectivity index (χ4n) is 3.47. The number of carbonyl (C=O) groups is 1. The second-order valence-corrected chi connectivity index (χ2v) is 6.92. The normalized spacial score (nSPS) is 16.1. The number of hydrogen-bond donors (Lipinski definition) is 0. The summed E-state index contributed by atoms with van der Waals surface area (Å²) in [5.74, 6) is 1.87. The second kappa shape index (κ2) is 7.38. The predicted octanol–water partition coefficient (Wildman–Crippen LogP) is 4.08. The van der Waals surface area contributed by atoms with E-state index < -0.39 is 0 Å². The minimum atomic E-state index is -0.155. The van der Waals surface area contributed by atoms with Gasteiger partial charge in [0.05, 0.1) is 13.7 Å². The van der Waals surface area contributed by atoms with Crippen LogP contribution in [-0.4, -0.2) is 35.7 Å². The number of aromatic nitrogens is 1. The Labute approximate surface area is 163 Å². The number of rotatable bonds is 3. The van der Waals surface area contributed by atoms with E-state index >= 15 is 0 Å². The molecule has 0 radical (unpaired) electrons. The van der Waals surface area contributed by atoms with Crippen LogP contribution >= 0.6 is 0 Å². The number of benzene rings is 2. The second-order valence-electron chi connectivity index (χ2n) is 6.92. The van der Waals surface area contributed by atoms with Crippen molar-refractivity contribution in [1.82, 2.24) is 10.1 Å². The minimum Gasteiger partial charge on any atom is -0.497 e. The fraction of sp³-hybridized carbons (Fsp3) is 0.273. The van der Waals surface area contributed by atoms with E-state index in [9.17, 15) is 4.79 Å². The molecule has 0 saturated carbocycles. The number of methoxy groups -OCH3 is 1. The van der Waals surface area contributed by atoms with E-state index in [1.165, 1.54) is 0 Å². The van der Waals surface area contributed by atoms with Crippen LogP contribution in [0.25, 0.3) is 11.3 Å². The molecule has 28 heavy (non-hydrogen) atoms. The van der Waals surface area contributed by atoms with Gasteiger partial charge in [-0.05, 0) is 26.0 Å². The highest BCUT2D eigenvalue weighted by atomic mass is 16.5. The van der Waals surface area contributed by atoms with Gasteiger partial charge in [-0.2, -0.15) is 0 Å². The molecule has 0 aliphatic carbocycles. The summed E-state index contributed by atoms with van der Waals surface area (Å²) >= 11 is 0. The van der Waals surface area contributed by atoms with Gasteiger partial charge in [-0.3, -0.25) is 4.79 Å². The van der Waals surface area contributed by atoms with Gasteiger partial charge in [-0.15, -0.1) is 0 Å². The first-order chi connectivity index (χ1) is 13.6. The predicted molar refractivity (Wildman–Crippen MR) is 105 cm³/mol. The first-order valence-corrected chi connectivity index (χ1v) is 9.21. The third-order valence-electron chi connectivity index (χ3n) is 4.85. The Morgan fingerprint density at radius 3 is 2.75 bits per heavy atom. The van der Waals surface area contributed by atoms with Crippen molar-refractivity contribution in [2.45, 2.75) is 26.5 Å². The lowest BCUT2D eigenvalue weighted by Crippen LogP contribution is -2.36. The Morgan fingerprint density at radius 2 is 2.00 bits per heavy atom. The standard InChI is InChI=1S/C22H22N2O4/c1-14-12-24(13-17-9-10-18(26-3)11-19(17)27-14)22(25)20-15(2)28-23-21(20)16-7-5-4-6-8-16/h4-11,14H,12-13H2,1-3H3. The molecule has 0 fully saturated rings. The molecular formula is C22H22N2O4. The van der Waals surface area contributed by atoms with Crippen molar-refractivity contribution in [2.75, 3.05) is 13.7 Å². The average molecular weight is 378 g/mol. The van der Waals surface area contributed by atoms with Gasteiger partial charge in [-0.1, -0.05) is 35.5 Å². The summed E-state index contributed by atoms with van der Waals surface area (Å²) in [6.45, 7) is 4.63. The maximum absolute atomic E-state index is 13.5. The number of hydrogen-bond acceptors (Lipinski definition) is 5. The lowest BCUT2D eigenvalue weighted by atomic mass is 10.0. The topological polar surface area (TPSA) is 64.8 Å². The number of amides is 1. The molecule has 4 rings (SSSR count). The molecular weight excluding hydrogens is 356 g/mol. The molecule has 2 aromatic carbocycles. The van der Waals surface area contributed by atoms with E-state index in [4.69, 9.17) is 14.0 Å². The quantitative estimate of drug-likeness (QED) is 0.687. The first-order valence-electron chi connectivity index (χ1n) is 9.21. The van der Waals surface area contributed by atoms with Crippen LogP contribution < -0.4 is 9.47 Å². The van der Waals surface area contributed by atoms with Gasteiger partial charge in [0.2, 0.25) is 0 Å². The molecule has 1 amide bonds. The van der Waals surface area contributed by atoms with Crippen molar-refractivity contribution >= 4 is 5.91 Å². The van der Waals surface area contributed by atoms with Crippen molar-refractivity contribution in [3.63, 3.8) is 0 Å². The Morgan fingerprint density at radius 1 is 1.21 bits per heavy atom. The third-order valence-corrected chi connectivity index (χ3v) is 4.85. The molecule has 2 heterocycles.